The maximum atomic E-state index is 10.7. The van der Waals surface area contributed by atoms with E-state index in [2.05, 4.69) is 42.9 Å². The van der Waals surface area contributed by atoms with Gasteiger partial charge in [0.15, 0.2) is 0 Å². The van der Waals surface area contributed by atoms with Gasteiger partial charge in [-0.2, -0.15) is 4.68 Å². The van der Waals surface area contributed by atoms with E-state index in [-0.39, 0.29) is 5.82 Å². The van der Waals surface area contributed by atoms with Crippen LogP contribution in [0.2, 0.25) is 0 Å². The van der Waals surface area contributed by atoms with Gasteiger partial charge in [-0.15, -0.1) is 5.10 Å². The Labute approximate surface area is 121 Å². The molecular weight excluding hydrogens is 336 g/mol. The van der Waals surface area contributed by atoms with Crippen molar-refractivity contribution in [3.8, 4) is 0 Å². The molecule has 0 bridgehead atoms. The molecule has 0 aliphatic rings. The number of nitro groups is 1. The molecule has 2 heterocycles. The molecule has 0 fully saturated rings. The normalized spacial score (nSPS) is 10.6. The van der Waals surface area contributed by atoms with Crippen LogP contribution in [-0.4, -0.2) is 30.8 Å². The molecule has 0 radical (unpaired) electrons. The first-order valence-corrected chi connectivity index (χ1v) is 7.11. The van der Waals surface area contributed by atoms with Crippen molar-refractivity contribution in [1.82, 2.24) is 19.4 Å². The first-order chi connectivity index (χ1) is 9.11. The molecule has 102 valence electrons. The van der Waals surface area contributed by atoms with E-state index < -0.39 is 4.92 Å². The Balaban J connectivity index is 2.15. The van der Waals surface area contributed by atoms with Gasteiger partial charge < -0.3 is 15.4 Å². The molecule has 0 aliphatic heterocycles. The fraction of sp³-hybridized carbons (Fsp3) is 0.444. The van der Waals surface area contributed by atoms with Gasteiger partial charge in [-0.05, 0) is 27.3 Å². The molecule has 10 heteroatoms. The predicted octanol–water partition coefficient (Wildman–Crippen LogP) is 2.28. The summed E-state index contributed by atoms with van der Waals surface area (Å²) in [5.74, 6) is -0.203. The summed E-state index contributed by atoms with van der Waals surface area (Å²) in [6.45, 7) is 3.24. The van der Waals surface area contributed by atoms with Crippen LogP contribution < -0.4 is 5.32 Å². The number of hydrogen-bond acceptors (Lipinski definition) is 7. The number of anilines is 1. The van der Waals surface area contributed by atoms with Crippen LogP contribution in [0.5, 0.6) is 0 Å². The minimum atomic E-state index is -0.532. The number of rotatable bonds is 6. The van der Waals surface area contributed by atoms with Crippen LogP contribution in [0.15, 0.2) is 10.7 Å². The average Bonchev–Trinajstić information content (AvgIpc) is 2.94. The zero-order valence-electron chi connectivity index (χ0n) is 10.0. The Bertz CT molecular complexity index is 583. The van der Waals surface area contributed by atoms with Gasteiger partial charge in [0.25, 0.3) is 0 Å². The zero-order chi connectivity index (χ0) is 13.8. The second-order valence-corrected chi connectivity index (χ2v) is 5.34. The topological polar surface area (TPSA) is 98.8 Å². The Kier molecular flexibility index (Phi) is 4.43. The van der Waals surface area contributed by atoms with Crippen molar-refractivity contribution in [3.05, 3.63) is 26.5 Å². The molecule has 2 aromatic rings. The molecule has 19 heavy (non-hydrogen) atoms. The summed E-state index contributed by atoms with van der Waals surface area (Å²) in [6, 6.07) is 0. The molecule has 0 aliphatic carbocycles. The molecule has 2 rings (SSSR count). The minimum Gasteiger partial charge on any atom is -0.374 e. The quantitative estimate of drug-likeness (QED) is 0.636. The second kappa shape index (κ2) is 6.06. The van der Waals surface area contributed by atoms with Gasteiger partial charge in [0.2, 0.25) is 0 Å². The fourth-order valence-corrected chi connectivity index (χ4v) is 2.49. The van der Waals surface area contributed by atoms with Gasteiger partial charge in [0.05, 0.1) is 11.3 Å². The van der Waals surface area contributed by atoms with Crippen LogP contribution in [-0.2, 0) is 6.54 Å². The molecule has 8 nitrogen and oxygen atoms in total. The summed E-state index contributed by atoms with van der Waals surface area (Å²) in [4.78, 5) is 10.2. The van der Waals surface area contributed by atoms with Gasteiger partial charge in [-0.3, -0.25) is 0 Å². The van der Waals surface area contributed by atoms with Gasteiger partial charge in [0, 0.05) is 18.1 Å². The summed E-state index contributed by atoms with van der Waals surface area (Å²) in [5, 5.41) is 22.7. The number of halogens is 1. The van der Waals surface area contributed by atoms with Crippen LogP contribution in [0, 0.1) is 10.1 Å². The lowest BCUT2D eigenvalue weighted by Crippen LogP contribution is -2.06. The van der Waals surface area contributed by atoms with Gasteiger partial charge in [-0.25, -0.2) is 0 Å². The smallest absolute Gasteiger partial charge is 0.374 e. The lowest BCUT2D eigenvalue weighted by Gasteiger charge is -2.01. The molecule has 0 saturated carbocycles. The van der Waals surface area contributed by atoms with E-state index in [0.29, 0.717) is 11.0 Å². The highest BCUT2D eigenvalue weighted by molar-refractivity contribution is 9.10. The van der Waals surface area contributed by atoms with Crippen molar-refractivity contribution in [2.45, 2.75) is 19.9 Å². The third-order valence-electron chi connectivity index (χ3n) is 2.28. The van der Waals surface area contributed by atoms with Crippen LogP contribution in [0.1, 0.15) is 19.0 Å². The van der Waals surface area contributed by atoms with Crippen molar-refractivity contribution in [1.29, 1.82) is 0 Å². The van der Waals surface area contributed by atoms with Gasteiger partial charge >= 0.3 is 5.82 Å². The largest absolute Gasteiger partial charge is 0.404 e. The SMILES string of the molecule is CCCNc1snnc1Cn1cc(Br)c([N+](=O)[O-])n1. The number of nitrogens with zero attached hydrogens (tertiary/aromatic N) is 5. The van der Waals surface area contributed by atoms with Crippen molar-refractivity contribution < 1.29 is 4.92 Å². The average molecular weight is 347 g/mol. The van der Waals surface area contributed by atoms with Crippen molar-refractivity contribution >= 4 is 38.3 Å². The van der Waals surface area contributed by atoms with E-state index in [0.717, 1.165) is 23.7 Å². The van der Waals surface area contributed by atoms with Gasteiger partial charge in [0.1, 0.15) is 21.7 Å². The van der Waals surface area contributed by atoms with Crippen LogP contribution in [0.25, 0.3) is 0 Å². The summed E-state index contributed by atoms with van der Waals surface area (Å²) >= 11 is 4.38. The second-order valence-electron chi connectivity index (χ2n) is 3.73. The summed E-state index contributed by atoms with van der Waals surface area (Å²) in [5.41, 5.74) is 0.725. The number of nitrogens with one attached hydrogen (secondary N) is 1. The Morgan fingerprint density at radius 2 is 2.42 bits per heavy atom. The zero-order valence-corrected chi connectivity index (χ0v) is 12.4. The first-order valence-electron chi connectivity index (χ1n) is 5.54. The van der Waals surface area contributed by atoms with E-state index in [1.165, 1.54) is 16.2 Å². The highest BCUT2D eigenvalue weighted by Gasteiger charge is 2.20. The van der Waals surface area contributed by atoms with Gasteiger partial charge in [-0.1, -0.05) is 11.4 Å². The summed E-state index contributed by atoms with van der Waals surface area (Å²) < 4.78 is 5.70. The molecule has 0 unspecified atom stereocenters. The molecule has 1 N–H and O–H groups in total. The summed E-state index contributed by atoms with van der Waals surface area (Å²) in [7, 11) is 0. The Morgan fingerprint density at radius 3 is 3.05 bits per heavy atom. The van der Waals surface area contributed by atoms with E-state index >= 15 is 0 Å². The number of aromatic nitrogens is 4. The maximum absolute atomic E-state index is 10.7. The maximum Gasteiger partial charge on any atom is 0.404 e. The van der Waals surface area contributed by atoms with E-state index in [1.807, 2.05) is 0 Å². The predicted molar refractivity (Wildman–Crippen MR) is 74.4 cm³/mol. The van der Waals surface area contributed by atoms with Crippen LogP contribution >= 0.6 is 27.5 Å². The molecule has 0 spiro atoms. The van der Waals surface area contributed by atoms with E-state index in [9.17, 15) is 10.1 Å². The molecular formula is C9H11BrN6O2S. The first kappa shape index (κ1) is 13.9. The van der Waals surface area contributed by atoms with Crippen molar-refractivity contribution in [2.75, 3.05) is 11.9 Å². The van der Waals surface area contributed by atoms with E-state index in [1.54, 1.807) is 6.20 Å². The fourth-order valence-electron chi connectivity index (χ4n) is 1.43. The standard InChI is InChI=1S/C9H11BrN6O2S/c1-2-3-11-9-7(12-14-19-9)5-15-4-6(10)8(13-15)16(17)18/h4,11H,2-3,5H2,1H3. The number of hydrogen-bond donors (Lipinski definition) is 1. The highest BCUT2D eigenvalue weighted by atomic mass is 79.9. The molecule has 2 aromatic heterocycles. The highest BCUT2D eigenvalue weighted by Crippen LogP contribution is 2.24. The Morgan fingerprint density at radius 1 is 1.63 bits per heavy atom. The molecule has 0 atom stereocenters. The summed E-state index contributed by atoms with van der Waals surface area (Å²) in [6.07, 6.45) is 2.55. The third-order valence-corrected chi connectivity index (χ3v) is 3.56. The monoisotopic (exact) mass is 346 g/mol. The molecule has 0 saturated heterocycles. The van der Waals surface area contributed by atoms with Crippen molar-refractivity contribution in [2.24, 2.45) is 0 Å². The lowest BCUT2D eigenvalue weighted by molar-refractivity contribution is -0.390. The van der Waals surface area contributed by atoms with E-state index in [4.69, 9.17) is 0 Å². The van der Waals surface area contributed by atoms with Crippen molar-refractivity contribution in [3.63, 3.8) is 0 Å². The van der Waals surface area contributed by atoms with Crippen LogP contribution in [0.3, 0.4) is 0 Å². The van der Waals surface area contributed by atoms with Crippen LogP contribution in [0.4, 0.5) is 10.8 Å². The lowest BCUT2D eigenvalue weighted by atomic mass is 10.4. The Hall–Kier alpha value is -1.55. The third kappa shape index (κ3) is 3.26. The molecule has 0 aromatic carbocycles. The molecule has 0 amide bonds. The minimum absolute atomic E-state index is 0.203.